The minimum atomic E-state index is -0.537. The topological polar surface area (TPSA) is 69.2 Å². The molecule has 0 fully saturated rings. The summed E-state index contributed by atoms with van der Waals surface area (Å²) in [5.74, 6) is 0. The lowest BCUT2D eigenvalue weighted by molar-refractivity contribution is -0.385. The van der Waals surface area contributed by atoms with Crippen LogP contribution in [0.1, 0.15) is 18.0 Å². The third-order valence-electron chi connectivity index (χ3n) is 2.02. The van der Waals surface area contributed by atoms with E-state index < -0.39 is 17.6 Å². The molecule has 0 aliphatic rings. The number of nitrogens with two attached hydrogens (primary N) is 1. The van der Waals surface area contributed by atoms with Gasteiger partial charge in [0.05, 0.1) is 16.1 Å². The van der Waals surface area contributed by atoms with Crippen molar-refractivity contribution < 1.29 is 9.31 Å². The van der Waals surface area contributed by atoms with Crippen LogP contribution in [-0.4, -0.2) is 11.6 Å². The fraction of sp³-hybridized carbons (Fsp3) is 0.333. The SMILES string of the molecule is N[C@H](CCF)c1ccc(Br)c([N+](=O)[O-])c1. The van der Waals surface area contributed by atoms with Crippen molar-refractivity contribution in [3.05, 3.63) is 38.3 Å². The standard InChI is InChI=1S/C9H10BrFN2O2/c10-7-2-1-6(8(12)3-4-11)5-9(7)13(14)15/h1-2,5,8H,3-4,12H2/t8-/m1/s1. The van der Waals surface area contributed by atoms with Gasteiger partial charge in [0.15, 0.2) is 0 Å². The molecule has 1 rings (SSSR count). The Bertz CT molecular complexity index is 373. The highest BCUT2D eigenvalue weighted by Gasteiger charge is 2.15. The summed E-state index contributed by atoms with van der Waals surface area (Å²) >= 11 is 3.06. The molecule has 1 aromatic rings. The Morgan fingerprint density at radius 1 is 1.60 bits per heavy atom. The Kier molecular flexibility index (Phi) is 4.16. The Hall–Kier alpha value is -1.01. The first-order chi connectivity index (χ1) is 7.06. The van der Waals surface area contributed by atoms with E-state index in [2.05, 4.69) is 15.9 Å². The van der Waals surface area contributed by atoms with E-state index in [1.807, 2.05) is 0 Å². The smallest absolute Gasteiger partial charge is 0.283 e. The summed E-state index contributed by atoms with van der Waals surface area (Å²) in [4.78, 5) is 10.1. The zero-order valence-corrected chi connectivity index (χ0v) is 9.41. The molecule has 1 aromatic carbocycles. The van der Waals surface area contributed by atoms with E-state index in [0.717, 1.165) is 0 Å². The van der Waals surface area contributed by atoms with Gasteiger partial charge in [-0.25, -0.2) is 0 Å². The van der Waals surface area contributed by atoms with Crippen molar-refractivity contribution in [3.63, 3.8) is 0 Å². The van der Waals surface area contributed by atoms with Crippen molar-refractivity contribution in [2.45, 2.75) is 12.5 Å². The predicted molar refractivity (Wildman–Crippen MR) is 58.3 cm³/mol. The number of benzene rings is 1. The zero-order chi connectivity index (χ0) is 11.4. The van der Waals surface area contributed by atoms with Gasteiger partial charge in [-0.05, 0) is 34.0 Å². The van der Waals surface area contributed by atoms with Gasteiger partial charge in [-0.15, -0.1) is 0 Å². The van der Waals surface area contributed by atoms with Crippen LogP contribution < -0.4 is 5.73 Å². The normalized spacial score (nSPS) is 12.5. The van der Waals surface area contributed by atoms with Gasteiger partial charge in [-0.3, -0.25) is 14.5 Å². The van der Waals surface area contributed by atoms with E-state index in [-0.39, 0.29) is 12.1 Å². The molecule has 0 radical (unpaired) electrons. The highest BCUT2D eigenvalue weighted by molar-refractivity contribution is 9.10. The fourth-order valence-corrected chi connectivity index (χ4v) is 1.58. The predicted octanol–water partition coefficient (Wildman–Crippen LogP) is 2.72. The minimum absolute atomic E-state index is 0.0539. The van der Waals surface area contributed by atoms with Gasteiger partial charge in [0.1, 0.15) is 0 Å². The van der Waals surface area contributed by atoms with Crippen molar-refractivity contribution in [1.82, 2.24) is 0 Å². The average molecular weight is 277 g/mol. The largest absolute Gasteiger partial charge is 0.324 e. The number of nitro benzene ring substituents is 1. The molecule has 0 amide bonds. The highest BCUT2D eigenvalue weighted by Crippen LogP contribution is 2.28. The van der Waals surface area contributed by atoms with Crippen LogP contribution >= 0.6 is 15.9 Å². The van der Waals surface area contributed by atoms with Gasteiger partial charge in [0.25, 0.3) is 5.69 Å². The molecule has 15 heavy (non-hydrogen) atoms. The summed E-state index contributed by atoms with van der Waals surface area (Å²) in [6.45, 7) is -0.537. The Morgan fingerprint density at radius 3 is 2.80 bits per heavy atom. The third kappa shape index (κ3) is 2.97. The summed E-state index contributed by atoms with van der Waals surface area (Å²) in [5.41, 5.74) is 6.16. The molecule has 6 heteroatoms. The molecule has 0 heterocycles. The van der Waals surface area contributed by atoms with Gasteiger partial charge >= 0.3 is 0 Å². The second-order valence-electron chi connectivity index (χ2n) is 3.05. The molecular formula is C9H10BrFN2O2. The first-order valence-electron chi connectivity index (χ1n) is 4.31. The molecule has 0 aromatic heterocycles. The molecule has 0 bridgehead atoms. The van der Waals surface area contributed by atoms with Crippen molar-refractivity contribution in [2.75, 3.05) is 6.67 Å². The van der Waals surface area contributed by atoms with E-state index in [1.165, 1.54) is 6.07 Å². The van der Waals surface area contributed by atoms with Gasteiger partial charge in [0.2, 0.25) is 0 Å². The second kappa shape index (κ2) is 5.18. The highest BCUT2D eigenvalue weighted by atomic mass is 79.9. The first-order valence-corrected chi connectivity index (χ1v) is 5.11. The van der Waals surface area contributed by atoms with E-state index in [4.69, 9.17) is 5.73 Å². The van der Waals surface area contributed by atoms with Gasteiger partial charge in [0, 0.05) is 12.1 Å². The number of halogens is 2. The van der Waals surface area contributed by atoms with Crippen molar-refractivity contribution in [3.8, 4) is 0 Å². The molecule has 1 atom stereocenters. The Labute approximate surface area is 94.6 Å². The summed E-state index contributed by atoms with van der Waals surface area (Å²) in [6, 6.07) is 4.06. The summed E-state index contributed by atoms with van der Waals surface area (Å²) in [5, 5.41) is 10.6. The lowest BCUT2D eigenvalue weighted by Crippen LogP contribution is -2.11. The van der Waals surface area contributed by atoms with Gasteiger partial charge < -0.3 is 5.73 Å². The Balaban J connectivity index is 3.02. The summed E-state index contributed by atoms with van der Waals surface area (Å²) in [7, 11) is 0. The van der Waals surface area contributed by atoms with E-state index in [9.17, 15) is 14.5 Å². The maximum Gasteiger partial charge on any atom is 0.283 e. The van der Waals surface area contributed by atoms with E-state index in [1.54, 1.807) is 12.1 Å². The van der Waals surface area contributed by atoms with Crippen LogP contribution in [0, 0.1) is 10.1 Å². The van der Waals surface area contributed by atoms with Crippen molar-refractivity contribution in [2.24, 2.45) is 5.73 Å². The van der Waals surface area contributed by atoms with Crippen LogP contribution in [0.5, 0.6) is 0 Å². The van der Waals surface area contributed by atoms with Crippen LogP contribution in [0.15, 0.2) is 22.7 Å². The third-order valence-corrected chi connectivity index (χ3v) is 2.69. The molecule has 0 saturated carbocycles. The average Bonchev–Trinajstić information content (AvgIpc) is 2.18. The maximum atomic E-state index is 12.0. The van der Waals surface area contributed by atoms with Crippen molar-refractivity contribution >= 4 is 21.6 Å². The molecule has 0 saturated heterocycles. The molecule has 4 nitrogen and oxygen atoms in total. The van der Waals surface area contributed by atoms with Crippen LogP contribution in [-0.2, 0) is 0 Å². The van der Waals surface area contributed by atoms with Crippen LogP contribution in [0.25, 0.3) is 0 Å². The number of nitrogens with zero attached hydrogens (tertiary/aromatic N) is 1. The van der Waals surface area contributed by atoms with Gasteiger partial charge in [-0.1, -0.05) is 6.07 Å². The van der Waals surface area contributed by atoms with Gasteiger partial charge in [-0.2, -0.15) is 0 Å². The summed E-state index contributed by atoms with van der Waals surface area (Å²) in [6.07, 6.45) is 0.165. The molecule has 0 aliphatic carbocycles. The Morgan fingerprint density at radius 2 is 2.27 bits per heavy atom. The fourth-order valence-electron chi connectivity index (χ4n) is 1.18. The lowest BCUT2D eigenvalue weighted by atomic mass is 10.0. The quantitative estimate of drug-likeness (QED) is 0.679. The molecule has 0 aliphatic heterocycles. The van der Waals surface area contributed by atoms with Crippen LogP contribution in [0.2, 0.25) is 0 Å². The number of rotatable bonds is 4. The zero-order valence-electron chi connectivity index (χ0n) is 7.82. The molecule has 0 unspecified atom stereocenters. The van der Waals surface area contributed by atoms with E-state index >= 15 is 0 Å². The van der Waals surface area contributed by atoms with Crippen LogP contribution in [0.3, 0.4) is 0 Å². The molecule has 0 spiro atoms. The van der Waals surface area contributed by atoms with Crippen LogP contribution in [0.4, 0.5) is 10.1 Å². The number of hydrogen-bond donors (Lipinski definition) is 1. The lowest BCUT2D eigenvalue weighted by Gasteiger charge is -2.09. The second-order valence-corrected chi connectivity index (χ2v) is 3.91. The molecular weight excluding hydrogens is 267 g/mol. The maximum absolute atomic E-state index is 12.0. The number of hydrogen-bond acceptors (Lipinski definition) is 3. The monoisotopic (exact) mass is 276 g/mol. The van der Waals surface area contributed by atoms with Crippen molar-refractivity contribution in [1.29, 1.82) is 0 Å². The molecule has 2 N–H and O–H groups in total. The first kappa shape index (κ1) is 12.1. The van der Waals surface area contributed by atoms with E-state index in [0.29, 0.717) is 10.0 Å². The number of alkyl halides is 1. The number of nitro groups is 1. The summed E-state index contributed by atoms with van der Waals surface area (Å²) < 4.78 is 12.4. The minimum Gasteiger partial charge on any atom is -0.324 e. The molecule has 82 valence electrons.